The lowest BCUT2D eigenvalue weighted by atomic mass is 10.4. The first-order chi connectivity index (χ1) is 5.49. The zero-order valence-electron chi connectivity index (χ0n) is 6.28. The van der Waals surface area contributed by atoms with Gasteiger partial charge in [-0.3, -0.25) is 9.71 Å². The van der Waals surface area contributed by atoms with Crippen LogP contribution in [0.25, 0.3) is 0 Å². The molecule has 1 N–H and O–H groups in total. The molecule has 12 heavy (non-hydrogen) atoms. The molecule has 0 amide bonds. The molecule has 0 aliphatic carbocycles. The van der Waals surface area contributed by atoms with Gasteiger partial charge in [0.25, 0.3) is 0 Å². The molecule has 0 fully saturated rings. The summed E-state index contributed by atoms with van der Waals surface area (Å²) in [4.78, 5) is 3.47. The zero-order valence-corrected chi connectivity index (χ0v) is 7.10. The Kier molecular flexibility index (Phi) is 2.27. The summed E-state index contributed by atoms with van der Waals surface area (Å²) in [5.41, 5.74) is -0.0903. The monoisotopic (exact) mass is 190 g/mol. The standard InChI is InChI=1S/C6H7FN2O2S/c1-12(10,11)9-6-2-3-8-4-5(6)7/h2-4H,1H3,(H,8,9). The summed E-state index contributed by atoms with van der Waals surface area (Å²) in [6.45, 7) is 0. The van der Waals surface area contributed by atoms with Gasteiger partial charge < -0.3 is 0 Å². The van der Waals surface area contributed by atoms with E-state index in [1.165, 1.54) is 12.3 Å². The number of anilines is 1. The van der Waals surface area contributed by atoms with Crippen LogP contribution in [0.3, 0.4) is 0 Å². The van der Waals surface area contributed by atoms with E-state index in [-0.39, 0.29) is 5.69 Å². The van der Waals surface area contributed by atoms with Gasteiger partial charge in [0.1, 0.15) is 0 Å². The number of hydrogen-bond acceptors (Lipinski definition) is 3. The third-order valence-corrected chi connectivity index (χ3v) is 1.66. The van der Waals surface area contributed by atoms with Crippen LogP contribution in [0.1, 0.15) is 0 Å². The van der Waals surface area contributed by atoms with Crippen LogP contribution in [0, 0.1) is 5.82 Å². The third-order valence-electron chi connectivity index (χ3n) is 1.07. The lowest BCUT2D eigenvalue weighted by molar-refractivity contribution is 0.603. The predicted molar refractivity (Wildman–Crippen MR) is 42.7 cm³/mol. The van der Waals surface area contributed by atoms with Crippen molar-refractivity contribution in [3.8, 4) is 0 Å². The number of pyridine rings is 1. The quantitative estimate of drug-likeness (QED) is 0.742. The van der Waals surface area contributed by atoms with E-state index in [1.807, 2.05) is 4.72 Å². The van der Waals surface area contributed by atoms with Gasteiger partial charge in [-0.15, -0.1) is 0 Å². The van der Waals surface area contributed by atoms with Gasteiger partial charge in [0.2, 0.25) is 10.0 Å². The summed E-state index contributed by atoms with van der Waals surface area (Å²) in [5, 5.41) is 0. The van der Waals surface area contributed by atoms with Crippen LogP contribution in [0.4, 0.5) is 10.1 Å². The van der Waals surface area contributed by atoms with Crippen LogP contribution in [0.2, 0.25) is 0 Å². The summed E-state index contributed by atoms with van der Waals surface area (Å²) in [5.74, 6) is -0.692. The van der Waals surface area contributed by atoms with E-state index in [9.17, 15) is 12.8 Å². The van der Waals surface area contributed by atoms with Crippen molar-refractivity contribution in [3.63, 3.8) is 0 Å². The Morgan fingerprint density at radius 2 is 2.25 bits per heavy atom. The highest BCUT2D eigenvalue weighted by Gasteiger charge is 2.05. The van der Waals surface area contributed by atoms with Crippen LogP contribution in [0.15, 0.2) is 18.5 Å². The molecule has 0 aliphatic rings. The molecule has 6 heteroatoms. The molecule has 0 saturated heterocycles. The molecule has 0 saturated carbocycles. The second-order valence-corrected chi connectivity index (χ2v) is 3.98. The minimum atomic E-state index is -3.42. The van der Waals surface area contributed by atoms with E-state index < -0.39 is 15.8 Å². The molecular weight excluding hydrogens is 183 g/mol. The Bertz CT molecular complexity index is 377. The number of nitrogens with one attached hydrogen (secondary N) is 1. The summed E-state index contributed by atoms with van der Waals surface area (Å²) < 4.78 is 36.0. The normalized spacial score (nSPS) is 11.2. The summed E-state index contributed by atoms with van der Waals surface area (Å²) in [6.07, 6.45) is 3.19. The fourth-order valence-corrected chi connectivity index (χ4v) is 1.22. The molecule has 0 atom stereocenters. The number of aromatic nitrogens is 1. The number of sulfonamides is 1. The molecule has 0 aliphatic heterocycles. The fraction of sp³-hybridized carbons (Fsp3) is 0.167. The number of halogens is 1. The SMILES string of the molecule is CS(=O)(=O)Nc1ccncc1F. The first kappa shape index (κ1) is 8.92. The van der Waals surface area contributed by atoms with E-state index >= 15 is 0 Å². The first-order valence-corrected chi connectivity index (χ1v) is 4.95. The highest BCUT2D eigenvalue weighted by Crippen LogP contribution is 2.11. The molecule has 0 radical (unpaired) electrons. The van der Waals surface area contributed by atoms with E-state index in [0.29, 0.717) is 0 Å². The van der Waals surface area contributed by atoms with Crippen LogP contribution < -0.4 is 4.72 Å². The van der Waals surface area contributed by atoms with Gasteiger partial charge in [-0.1, -0.05) is 0 Å². The second kappa shape index (κ2) is 3.06. The van der Waals surface area contributed by atoms with E-state index in [1.54, 1.807) is 0 Å². The minimum Gasteiger partial charge on any atom is -0.281 e. The number of hydrogen-bond donors (Lipinski definition) is 1. The van der Waals surface area contributed by atoms with E-state index in [2.05, 4.69) is 4.98 Å². The molecule has 0 unspecified atom stereocenters. The van der Waals surface area contributed by atoms with E-state index in [0.717, 1.165) is 12.5 Å². The summed E-state index contributed by atoms with van der Waals surface area (Å²) in [7, 11) is -3.42. The summed E-state index contributed by atoms with van der Waals surface area (Å²) in [6, 6.07) is 1.25. The van der Waals surface area contributed by atoms with Crippen molar-refractivity contribution in [1.82, 2.24) is 4.98 Å². The largest absolute Gasteiger partial charge is 0.281 e. The topological polar surface area (TPSA) is 59.1 Å². The molecule has 0 spiro atoms. The Hall–Kier alpha value is -1.17. The maximum absolute atomic E-state index is 12.7. The average Bonchev–Trinajstić information content (AvgIpc) is 1.91. The average molecular weight is 190 g/mol. The zero-order chi connectivity index (χ0) is 9.19. The Labute approximate surface area is 69.5 Å². The van der Waals surface area contributed by atoms with Gasteiger partial charge in [0.15, 0.2) is 5.82 Å². The van der Waals surface area contributed by atoms with Gasteiger partial charge >= 0.3 is 0 Å². The first-order valence-electron chi connectivity index (χ1n) is 3.06. The van der Waals surface area contributed by atoms with Crippen molar-refractivity contribution in [2.75, 3.05) is 11.0 Å². The molecule has 0 bridgehead atoms. The Morgan fingerprint density at radius 1 is 1.58 bits per heavy atom. The highest BCUT2D eigenvalue weighted by molar-refractivity contribution is 7.92. The smallest absolute Gasteiger partial charge is 0.229 e. The van der Waals surface area contributed by atoms with Gasteiger partial charge in [0.05, 0.1) is 18.1 Å². The Morgan fingerprint density at radius 3 is 2.75 bits per heavy atom. The maximum Gasteiger partial charge on any atom is 0.229 e. The van der Waals surface area contributed by atoms with Gasteiger partial charge in [-0.2, -0.15) is 0 Å². The van der Waals surface area contributed by atoms with Crippen LogP contribution >= 0.6 is 0 Å². The third kappa shape index (κ3) is 2.46. The molecule has 0 aromatic carbocycles. The number of rotatable bonds is 2. The molecular formula is C6H7FN2O2S. The van der Waals surface area contributed by atoms with Crippen LogP contribution in [0.5, 0.6) is 0 Å². The maximum atomic E-state index is 12.7. The molecule has 4 nitrogen and oxygen atoms in total. The molecule has 1 aromatic heterocycles. The van der Waals surface area contributed by atoms with Crippen molar-refractivity contribution in [1.29, 1.82) is 0 Å². The lowest BCUT2D eigenvalue weighted by Crippen LogP contribution is -2.10. The predicted octanol–water partition coefficient (Wildman–Crippen LogP) is 0.592. The van der Waals surface area contributed by atoms with Crippen molar-refractivity contribution in [3.05, 3.63) is 24.3 Å². The van der Waals surface area contributed by atoms with Crippen molar-refractivity contribution in [2.24, 2.45) is 0 Å². The molecule has 66 valence electrons. The molecule has 1 aromatic rings. The molecule has 1 heterocycles. The molecule has 1 rings (SSSR count). The van der Waals surface area contributed by atoms with Crippen LogP contribution in [-0.4, -0.2) is 19.7 Å². The minimum absolute atomic E-state index is 0.0903. The van der Waals surface area contributed by atoms with Gasteiger partial charge in [0, 0.05) is 6.20 Å². The summed E-state index contributed by atoms with van der Waals surface area (Å²) >= 11 is 0. The van der Waals surface area contributed by atoms with Crippen LogP contribution in [-0.2, 0) is 10.0 Å². The van der Waals surface area contributed by atoms with Gasteiger partial charge in [-0.25, -0.2) is 12.8 Å². The lowest BCUT2D eigenvalue weighted by Gasteiger charge is -2.02. The van der Waals surface area contributed by atoms with E-state index in [4.69, 9.17) is 0 Å². The highest BCUT2D eigenvalue weighted by atomic mass is 32.2. The fourth-order valence-electron chi connectivity index (χ4n) is 0.658. The van der Waals surface area contributed by atoms with Crippen molar-refractivity contribution in [2.45, 2.75) is 0 Å². The van der Waals surface area contributed by atoms with Crippen molar-refractivity contribution >= 4 is 15.7 Å². The van der Waals surface area contributed by atoms with Gasteiger partial charge in [-0.05, 0) is 6.07 Å². The Balaban J connectivity index is 2.98. The number of nitrogens with zero attached hydrogens (tertiary/aromatic N) is 1. The second-order valence-electron chi connectivity index (χ2n) is 2.23. The van der Waals surface area contributed by atoms with Crippen molar-refractivity contribution < 1.29 is 12.8 Å².